The van der Waals surface area contributed by atoms with E-state index in [1.165, 1.54) is 58.0 Å². The van der Waals surface area contributed by atoms with E-state index in [1.54, 1.807) is 0 Å². The summed E-state index contributed by atoms with van der Waals surface area (Å²) in [7, 11) is 0. The van der Waals surface area contributed by atoms with Crippen LogP contribution in [0.5, 0.6) is 0 Å². The van der Waals surface area contributed by atoms with Gasteiger partial charge in [-0.3, -0.25) is 0 Å². The Balaban J connectivity index is 1.49. The Kier molecular flexibility index (Phi) is 3.45. The highest BCUT2D eigenvalue weighted by Gasteiger charge is 2.35. The zero-order valence-electron chi connectivity index (χ0n) is 9.44. The highest BCUT2D eigenvalue weighted by molar-refractivity contribution is 4.97. The van der Waals surface area contributed by atoms with E-state index in [0.29, 0.717) is 5.54 Å². The zero-order chi connectivity index (χ0) is 9.86. The lowest BCUT2D eigenvalue weighted by Crippen LogP contribution is -2.35. The Hall–Kier alpha value is -0.0800. The van der Waals surface area contributed by atoms with Crippen molar-refractivity contribution in [2.75, 3.05) is 13.1 Å². The van der Waals surface area contributed by atoms with Gasteiger partial charge in [0.15, 0.2) is 0 Å². The van der Waals surface area contributed by atoms with E-state index in [0.717, 1.165) is 6.04 Å². The summed E-state index contributed by atoms with van der Waals surface area (Å²) in [6, 6.07) is 0.817. The van der Waals surface area contributed by atoms with Gasteiger partial charge in [-0.25, -0.2) is 0 Å². The third-order valence-electron chi connectivity index (χ3n) is 3.69. The molecule has 1 saturated heterocycles. The van der Waals surface area contributed by atoms with Crippen LogP contribution < -0.4 is 10.6 Å². The third kappa shape index (κ3) is 3.25. The van der Waals surface area contributed by atoms with Gasteiger partial charge in [-0.05, 0) is 58.5 Å². The standard InChI is InChI=1S/C12H24N2/c1-12(7-8-12)14-10-4-6-11-5-2-3-9-13-11/h11,13-14H,2-10H2,1H3. The maximum Gasteiger partial charge on any atom is 0.0154 e. The van der Waals surface area contributed by atoms with Crippen LogP contribution in [0, 0.1) is 0 Å². The molecule has 2 nitrogen and oxygen atoms in total. The molecule has 1 aliphatic heterocycles. The van der Waals surface area contributed by atoms with Gasteiger partial charge >= 0.3 is 0 Å². The first-order valence-electron chi connectivity index (χ1n) is 6.27. The van der Waals surface area contributed by atoms with Crippen LogP contribution in [0.1, 0.15) is 51.9 Å². The average Bonchev–Trinajstić information content (AvgIpc) is 2.94. The molecule has 82 valence electrons. The molecule has 1 heterocycles. The van der Waals surface area contributed by atoms with Crippen LogP contribution in [0.4, 0.5) is 0 Å². The molecule has 14 heavy (non-hydrogen) atoms. The molecule has 0 aromatic rings. The summed E-state index contributed by atoms with van der Waals surface area (Å²) >= 11 is 0. The molecule has 2 fully saturated rings. The number of rotatable bonds is 5. The molecular weight excluding hydrogens is 172 g/mol. The summed E-state index contributed by atoms with van der Waals surface area (Å²) in [5, 5.41) is 7.25. The van der Waals surface area contributed by atoms with E-state index >= 15 is 0 Å². The Morgan fingerprint density at radius 1 is 1.36 bits per heavy atom. The van der Waals surface area contributed by atoms with Crippen LogP contribution in [0.15, 0.2) is 0 Å². The second kappa shape index (κ2) is 4.63. The summed E-state index contributed by atoms with van der Waals surface area (Å²) in [5.41, 5.74) is 0.528. The van der Waals surface area contributed by atoms with E-state index < -0.39 is 0 Å². The first-order chi connectivity index (χ1) is 6.79. The molecule has 0 spiro atoms. The highest BCUT2D eigenvalue weighted by Crippen LogP contribution is 2.34. The van der Waals surface area contributed by atoms with Gasteiger partial charge in [0, 0.05) is 11.6 Å². The average molecular weight is 196 g/mol. The van der Waals surface area contributed by atoms with Gasteiger partial charge in [0.05, 0.1) is 0 Å². The van der Waals surface area contributed by atoms with Crippen LogP contribution in [0.25, 0.3) is 0 Å². The minimum atomic E-state index is 0.528. The summed E-state index contributed by atoms with van der Waals surface area (Å²) in [6.45, 7) is 4.80. The zero-order valence-corrected chi connectivity index (χ0v) is 9.44. The first-order valence-corrected chi connectivity index (χ1v) is 6.27. The maximum absolute atomic E-state index is 3.64. The van der Waals surface area contributed by atoms with Crippen molar-refractivity contribution in [1.82, 2.24) is 10.6 Å². The molecule has 0 aromatic heterocycles. The van der Waals surface area contributed by atoms with E-state index in [1.807, 2.05) is 0 Å². The van der Waals surface area contributed by atoms with Crippen molar-refractivity contribution in [3.05, 3.63) is 0 Å². The fourth-order valence-electron chi connectivity index (χ4n) is 2.27. The molecule has 2 aliphatic rings. The molecule has 1 unspecified atom stereocenters. The van der Waals surface area contributed by atoms with Gasteiger partial charge in [0.1, 0.15) is 0 Å². The molecule has 0 aromatic carbocycles. The Labute approximate surface area is 87.8 Å². The summed E-state index contributed by atoms with van der Waals surface area (Å²) < 4.78 is 0. The van der Waals surface area contributed by atoms with E-state index in [4.69, 9.17) is 0 Å². The number of nitrogens with one attached hydrogen (secondary N) is 2. The summed E-state index contributed by atoms with van der Waals surface area (Å²) in [5.74, 6) is 0. The molecule has 1 atom stereocenters. The lowest BCUT2D eigenvalue weighted by atomic mass is 10.0. The second-order valence-electron chi connectivity index (χ2n) is 5.28. The molecule has 0 radical (unpaired) electrons. The lowest BCUT2D eigenvalue weighted by molar-refractivity contribution is 0.369. The van der Waals surface area contributed by atoms with Crippen molar-refractivity contribution in [2.45, 2.75) is 63.5 Å². The van der Waals surface area contributed by atoms with Crippen LogP contribution in [-0.4, -0.2) is 24.7 Å². The van der Waals surface area contributed by atoms with Gasteiger partial charge in [-0.1, -0.05) is 6.42 Å². The quantitative estimate of drug-likeness (QED) is 0.658. The SMILES string of the molecule is CC1(NCCCC2CCCCN2)CC1. The molecule has 2 N–H and O–H groups in total. The molecule has 1 saturated carbocycles. The minimum absolute atomic E-state index is 0.528. The van der Waals surface area contributed by atoms with Crippen LogP contribution in [0.3, 0.4) is 0 Å². The van der Waals surface area contributed by atoms with E-state index in [-0.39, 0.29) is 0 Å². The second-order valence-corrected chi connectivity index (χ2v) is 5.28. The van der Waals surface area contributed by atoms with Crippen molar-refractivity contribution in [3.63, 3.8) is 0 Å². The maximum atomic E-state index is 3.64. The minimum Gasteiger partial charge on any atom is -0.314 e. The van der Waals surface area contributed by atoms with Crippen molar-refractivity contribution in [1.29, 1.82) is 0 Å². The van der Waals surface area contributed by atoms with Gasteiger partial charge in [-0.2, -0.15) is 0 Å². The fourth-order valence-corrected chi connectivity index (χ4v) is 2.27. The van der Waals surface area contributed by atoms with Crippen molar-refractivity contribution < 1.29 is 0 Å². The van der Waals surface area contributed by atoms with E-state index in [2.05, 4.69) is 17.6 Å². The Morgan fingerprint density at radius 2 is 2.21 bits per heavy atom. The Morgan fingerprint density at radius 3 is 2.86 bits per heavy atom. The summed E-state index contributed by atoms with van der Waals surface area (Å²) in [6.07, 6.45) is 9.69. The Bertz CT molecular complexity index is 169. The molecule has 2 rings (SSSR count). The van der Waals surface area contributed by atoms with Crippen molar-refractivity contribution in [3.8, 4) is 0 Å². The molecular formula is C12H24N2. The fraction of sp³-hybridized carbons (Fsp3) is 1.00. The van der Waals surface area contributed by atoms with E-state index in [9.17, 15) is 0 Å². The van der Waals surface area contributed by atoms with Gasteiger partial charge in [-0.15, -0.1) is 0 Å². The number of piperidine rings is 1. The monoisotopic (exact) mass is 196 g/mol. The molecule has 1 aliphatic carbocycles. The molecule has 0 bridgehead atoms. The smallest absolute Gasteiger partial charge is 0.0154 e. The molecule has 2 heteroatoms. The number of hydrogen-bond donors (Lipinski definition) is 2. The van der Waals surface area contributed by atoms with Crippen LogP contribution in [0.2, 0.25) is 0 Å². The highest BCUT2D eigenvalue weighted by atomic mass is 15.0. The normalized spacial score (nSPS) is 30.2. The topological polar surface area (TPSA) is 24.1 Å². The predicted octanol–water partition coefficient (Wildman–Crippen LogP) is 2.05. The lowest BCUT2D eigenvalue weighted by Gasteiger charge is -2.23. The van der Waals surface area contributed by atoms with Crippen LogP contribution >= 0.6 is 0 Å². The predicted molar refractivity (Wildman–Crippen MR) is 60.5 cm³/mol. The van der Waals surface area contributed by atoms with Gasteiger partial charge in [0.25, 0.3) is 0 Å². The largest absolute Gasteiger partial charge is 0.314 e. The van der Waals surface area contributed by atoms with Crippen molar-refractivity contribution in [2.24, 2.45) is 0 Å². The van der Waals surface area contributed by atoms with Gasteiger partial charge < -0.3 is 10.6 Å². The van der Waals surface area contributed by atoms with Crippen molar-refractivity contribution >= 4 is 0 Å². The van der Waals surface area contributed by atoms with Crippen LogP contribution in [-0.2, 0) is 0 Å². The first kappa shape index (κ1) is 10.4. The molecule has 0 amide bonds. The summed E-state index contributed by atoms with van der Waals surface area (Å²) in [4.78, 5) is 0. The number of hydrogen-bond acceptors (Lipinski definition) is 2. The third-order valence-corrected chi connectivity index (χ3v) is 3.69. The van der Waals surface area contributed by atoms with Gasteiger partial charge in [0.2, 0.25) is 0 Å².